The van der Waals surface area contributed by atoms with Gasteiger partial charge in [0.25, 0.3) is 0 Å². The molecule has 0 aromatic heterocycles. The molecule has 1 heterocycles. The molecule has 3 aromatic carbocycles. The van der Waals surface area contributed by atoms with Crippen molar-refractivity contribution in [2.45, 2.75) is 13.0 Å². The van der Waals surface area contributed by atoms with Crippen LogP contribution in [0.2, 0.25) is 0 Å². The number of aliphatic imine (C=N–C) groups is 1. The first-order valence-corrected chi connectivity index (χ1v) is 10.1. The number of hydrogen-bond acceptors (Lipinski definition) is 4. The van der Waals surface area contributed by atoms with Crippen LogP contribution in [-0.4, -0.2) is 17.7 Å². The van der Waals surface area contributed by atoms with Crippen molar-refractivity contribution in [1.82, 2.24) is 0 Å². The molecule has 0 bridgehead atoms. The van der Waals surface area contributed by atoms with Gasteiger partial charge in [0.2, 0.25) is 5.91 Å². The summed E-state index contributed by atoms with van der Waals surface area (Å²) in [5.74, 6) is -0.170. The lowest BCUT2D eigenvalue weighted by Crippen LogP contribution is -2.16. The van der Waals surface area contributed by atoms with Gasteiger partial charge in [0.05, 0.1) is 23.5 Å². The van der Waals surface area contributed by atoms with Crippen LogP contribution in [0.3, 0.4) is 0 Å². The fourth-order valence-electron chi connectivity index (χ4n) is 3.05. The van der Waals surface area contributed by atoms with Gasteiger partial charge in [-0.05, 0) is 41.5 Å². The molecule has 1 aliphatic heterocycles. The topological polar surface area (TPSA) is 79.8 Å². The minimum absolute atomic E-state index is 0.160. The number of halogens is 1. The van der Waals surface area contributed by atoms with Gasteiger partial charge in [0.15, 0.2) is 0 Å². The number of ether oxygens (including phenoxy) is 1. The summed E-state index contributed by atoms with van der Waals surface area (Å²) in [6, 6.07) is 22.2. The molecule has 0 radical (unpaired) electrons. The third-order valence-electron chi connectivity index (χ3n) is 4.47. The Bertz CT molecular complexity index is 1130. The number of rotatable bonds is 4. The van der Waals surface area contributed by atoms with E-state index in [1.54, 1.807) is 18.2 Å². The van der Waals surface area contributed by atoms with Crippen LogP contribution < -0.4 is 10.6 Å². The van der Waals surface area contributed by atoms with Crippen molar-refractivity contribution in [3.8, 4) is 0 Å². The number of carbonyl (C=O) groups is 2. The third-order valence-corrected chi connectivity index (χ3v) is 4.96. The molecule has 1 aliphatic rings. The monoisotopic (exact) mass is 463 g/mol. The Balaban J connectivity index is 1.50. The van der Waals surface area contributed by atoms with E-state index in [4.69, 9.17) is 4.74 Å². The van der Waals surface area contributed by atoms with Crippen LogP contribution in [0, 0.1) is 0 Å². The van der Waals surface area contributed by atoms with Gasteiger partial charge in [-0.25, -0.2) is 4.79 Å². The summed E-state index contributed by atoms with van der Waals surface area (Å²) in [6.45, 7) is 0.175. The Morgan fingerprint density at radius 2 is 1.90 bits per heavy atom. The van der Waals surface area contributed by atoms with Gasteiger partial charge >= 0.3 is 6.09 Å². The number of fused-ring (bicyclic) bond motifs is 1. The predicted octanol–water partition coefficient (Wildman–Crippen LogP) is 5.66. The maximum absolute atomic E-state index is 12.4. The summed E-state index contributed by atoms with van der Waals surface area (Å²) < 4.78 is 6.16. The van der Waals surface area contributed by atoms with E-state index < -0.39 is 6.09 Å². The average Bonchev–Trinajstić information content (AvgIpc) is 2.91. The number of amides is 2. The quantitative estimate of drug-likeness (QED) is 0.523. The summed E-state index contributed by atoms with van der Waals surface area (Å²) in [4.78, 5) is 29.2. The molecule has 7 heteroatoms. The van der Waals surface area contributed by atoms with Crippen LogP contribution in [0.1, 0.15) is 17.5 Å². The Morgan fingerprint density at radius 1 is 1.07 bits per heavy atom. The van der Waals surface area contributed by atoms with Crippen molar-refractivity contribution in [1.29, 1.82) is 0 Å². The number of benzene rings is 3. The molecule has 0 atom stereocenters. The first-order chi connectivity index (χ1) is 14.6. The standard InChI is InChI=1S/C23H18BrN3O3/c24-17-8-4-7-16(11-17)20-13-22(28)27-21-12-18(9-10-19(21)26-20)25-23(29)30-14-15-5-2-1-3-6-15/h1-12H,13-14H2,(H,25,29)(H,27,28). The van der Waals surface area contributed by atoms with Crippen molar-refractivity contribution in [3.63, 3.8) is 0 Å². The number of carbonyl (C=O) groups excluding carboxylic acids is 2. The van der Waals surface area contributed by atoms with E-state index in [0.717, 1.165) is 15.6 Å². The lowest BCUT2D eigenvalue weighted by Gasteiger charge is -2.10. The highest BCUT2D eigenvalue weighted by Gasteiger charge is 2.18. The second kappa shape index (κ2) is 8.92. The number of nitrogens with zero attached hydrogens (tertiary/aromatic N) is 1. The molecule has 0 unspecified atom stereocenters. The van der Waals surface area contributed by atoms with E-state index in [2.05, 4.69) is 31.6 Å². The second-order valence-electron chi connectivity index (χ2n) is 6.71. The van der Waals surface area contributed by atoms with E-state index in [1.165, 1.54) is 0 Å². The van der Waals surface area contributed by atoms with Crippen LogP contribution in [0.5, 0.6) is 0 Å². The largest absolute Gasteiger partial charge is 0.444 e. The second-order valence-corrected chi connectivity index (χ2v) is 7.63. The summed E-state index contributed by atoms with van der Waals surface area (Å²) in [7, 11) is 0. The molecule has 2 amide bonds. The number of anilines is 2. The summed E-state index contributed by atoms with van der Waals surface area (Å²) in [5.41, 5.74) is 4.11. The maximum atomic E-state index is 12.4. The van der Waals surface area contributed by atoms with Gasteiger partial charge < -0.3 is 10.1 Å². The Morgan fingerprint density at radius 3 is 2.70 bits per heavy atom. The molecule has 0 saturated carbocycles. The van der Waals surface area contributed by atoms with Crippen LogP contribution >= 0.6 is 15.9 Å². The summed E-state index contributed by atoms with van der Waals surface area (Å²) in [5, 5.41) is 5.53. The molecule has 30 heavy (non-hydrogen) atoms. The predicted molar refractivity (Wildman–Crippen MR) is 120 cm³/mol. The average molecular weight is 464 g/mol. The van der Waals surface area contributed by atoms with Crippen LogP contribution in [-0.2, 0) is 16.1 Å². The fourth-order valence-corrected chi connectivity index (χ4v) is 3.45. The molecule has 0 fully saturated rings. The summed E-state index contributed by atoms with van der Waals surface area (Å²) >= 11 is 3.45. The van der Waals surface area contributed by atoms with Gasteiger partial charge in [0, 0.05) is 10.2 Å². The number of hydrogen-bond donors (Lipinski definition) is 2. The van der Waals surface area contributed by atoms with Gasteiger partial charge in [-0.2, -0.15) is 0 Å². The zero-order valence-corrected chi connectivity index (χ0v) is 17.5. The highest BCUT2D eigenvalue weighted by molar-refractivity contribution is 9.10. The maximum Gasteiger partial charge on any atom is 0.411 e. The highest BCUT2D eigenvalue weighted by atomic mass is 79.9. The molecular weight excluding hydrogens is 446 g/mol. The smallest absolute Gasteiger partial charge is 0.411 e. The Kier molecular flexibility index (Phi) is 5.90. The van der Waals surface area contributed by atoms with E-state index in [-0.39, 0.29) is 18.9 Å². The Hall–Kier alpha value is -3.45. The van der Waals surface area contributed by atoms with E-state index in [0.29, 0.717) is 22.8 Å². The minimum Gasteiger partial charge on any atom is -0.444 e. The van der Waals surface area contributed by atoms with E-state index in [9.17, 15) is 9.59 Å². The van der Waals surface area contributed by atoms with Crippen molar-refractivity contribution in [3.05, 3.63) is 88.4 Å². The molecule has 0 aliphatic carbocycles. The van der Waals surface area contributed by atoms with Crippen molar-refractivity contribution >= 4 is 50.7 Å². The molecule has 2 N–H and O–H groups in total. The first kappa shape index (κ1) is 19.8. The number of nitrogens with one attached hydrogen (secondary N) is 2. The summed E-state index contributed by atoms with van der Waals surface area (Å²) in [6.07, 6.45) is -0.412. The Labute approximate surface area is 182 Å². The zero-order chi connectivity index (χ0) is 20.9. The molecule has 6 nitrogen and oxygen atoms in total. The molecule has 4 rings (SSSR count). The van der Waals surface area contributed by atoms with Crippen molar-refractivity contribution in [2.75, 3.05) is 10.6 Å². The molecule has 3 aromatic rings. The first-order valence-electron chi connectivity index (χ1n) is 9.32. The van der Waals surface area contributed by atoms with Crippen molar-refractivity contribution in [2.24, 2.45) is 4.99 Å². The SMILES string of the molecule is O=C1CC(c2cccc(Br)c2)=Nc2ccc(NC(=O)OCc3ccccc3)cc2N1. The normalized spacial score (nSPS) is 12.8. The molecule has 0 saturated heterocycles. The van der Waals surface area contributed by atoms with Crippen LogP contribution in [0.15, 0.2) is 82.3 Å². The van der Waals surface area contributed by atoms with Crippen LogP contribution in [0.25, 0.3) is 0 Å². The van der Waals surface area contributed by atoms with Crippen molar-refractivity contribution < 1.29 is 14.3 Å². The van der Waals surface area contributed by atoms with E-state index >= 15 is 0 Å². The molecule has 150 valence electrons. The molecular formula is C23H18BrN3O3. The van der Waals surface area contributed by atoms with E-state index in [1.807, 2.05) is 54.6 Å². The van der Waals surface area contributed by atoms with Gasteiger partial charge in [-0.3, -0.25) is 15.1 Å². The minimum atomic E-state index is -0.572. The van der Waals surface area contributed by atoms with Crippen LogP contribution in [0.4, 0.5) is 21.9 Å². The fraction of sp³-hybridized carbons (Fsp3) is 0.0870. The molecule has 0 spiro atoms. The van der Waals surface area contributed by atoms with Gasteiger partial charge in [0.1, 0.15) is 6.61 Å². The zero-order valence-electron chi connectivity index (χ0n) is 15.9. The van der Waals surface area contributed by atoms with Gasteiger partial charge in [-0.1, -0.05) is 58.4 Å². The van der Waals surface area contributed by atoms with Gasteiger partial charge in [-0.15, -0.1) is 0 Å². The lowest BCUT2D eigenvalue weighted by atomic mass is 10.1. The third kappa shape index (κ3) is 4.93. The highest BCUT2D eigenvalue weighted by Crippen LogP contribution is 2.32. The lowest BCUT2D eigenvalue weighted by molar-refractivity contribution is -0.115.